The molecule has 3 rings (SSSR count). The van der Waals surface area contributed by atoms with E-state index in [2.05, 4.69) is 31.2 Å². The van der Waals surface area contributed by atoms with Crippen LogP contribution in [0.5, 0.6) is 0 Å². The summed E-state index contributed by atoms with van der Waals surface area (Å²) >= 11 is 6.01. The third-order valence-electron chi connectivity index (χ3n) is 4.54. The molecular weight excluding hydrogens is 254 g/mol. The van der Waals surface area contributed by atoms with Crippen molar-refractivity contribution < 1.29 is 0 Å². The summed E-state index contributed by atoms with van der Waals surface area (Å²) in [5.74, 6) is 2.44. The lowest BCUT2D eigenvalue weighted by Gasteiger charge is -2.22. The maximum absolute atomic E-state index is 9.41. The summed E-state index contributed by atoms with van der Waals surface area (Å²) in [5, 5.41) is 10.1. The van der Waals surface area contributed by atoms with E-state index < -0.39 is 0 Å². The number of hydrogen-bond donors (Lipinski definition) is 0. The zero-order chi connectivity index (χ0) is 13.4. The molecule has 0 N–H and O–H groups in total. The molecule has 1 saturated carbocycles. The Balaban J connectivity index is 1.93. The van der Waals surface area contributed by atoms with E-state index >= 15 is 0 Å². The Bertz CT molecular complexity index is 594. The fourth-order valence-electron chi connectivity index (χ4n) is 3.43. The average Bonchev–Trinajstić information content (AvgIpc) is 2.98. The first-order valence-corrected chi connectivity index (χ1v) is 7.13. The number of fused-ring (bicyclic) bond motifs is 2. The molecule has 2 heteroatoms. The fraction of sp³-hybridized carbons (Fsp3) is 0.353. The number of nitrogens with zero attached hydrogens (tertiary/aromatic N) is 1. The third-order valence-corrected chi connectivity index (χ3v) is 4.78. The van der Waals surface area contributed by atoms with Crippen LogP contribution in [0.15, 0.2) is 42.5 Å². The highest BCUT2D eigenvalue weighted by atomic mass is 35.5. The highest BCUT2D eigenvalue weighted by molar-refractivity contribution is 6.30. The normalized spacial score (nSPS) is 32.6. The number of halogens is 1. The predicted octanol–water partition coefficient (Wildman–Crippen LogP) is 4.71. The molecule has 2 bridgehead atoms. The van der Waals surface area contributed by atoms with Gasteiger partial charge >= 0.3 is 0 Å². The molecule has 19 heavy (non-hydrogen) atoms. The van der Waals surface area contributed by atoms with Crippen molar-refractivity contribution in [2.75, 3.05) is 0 Å². The lowest BCUT2D eigenvalue weighted by atomic mass is 9.82. The van der Waals surface area contributed by atoms with Gasteiger partial charge in [0.15, 0.2) is 0 Å². The van der Waals surface area contributed by atoms with E-state index in [-0.39, 0.29) is 0 Å². The second kappa shape index (κ2) is 4.87. The molecule has 1 aromatic rings. The van der Waals surface area contributed by atoms with Gasteiger partial charge in [-0.2, -0.15) is 5.26 Å². The Morgan fingerprint density at radius 1 is 1.37 bits per heavy atom. The Labute approximate surface area is 119 Å². The van der Waals surface area contributed by atoms with Crippen LogP contribution in [-0.4, -0.2) is 0 Å². The van der Waals surface area contributed by atoms with Gasteiger partial charge in [-0.15, -0.1) is 0 Å². The molecule has 1 fully saturated rings. The first-order chi connectivity index (χ1) is 9.19. The second-order valence-electron chi connectivity index (χ2n) is 5.59. The lowest BCUT2D eigenvalue weighted by Crippen LogP contribution is -2.14. The second-order valence-corrected chi connectivity index (χ2v) is 6.02. The van der Waals surface area contributed by atoms with Crippen LogP contribution in [0.3, 0.4) is 0 Å². The van der Waals surface area contributed by atoms with Gasteiger partial charge in [0.1, 0.15) is 0 Å². The standard InChI is InChI=1S/C17H16ClN/c1-11-12-5-6-14(7-12)17(11)9-15(10-19)13-3-2-4-16(18)8-13/h2-6,8-9,11-12,14,17H,7H2,1H3. The van der Waals surface area contributed by atoms with Gasteiger partial charge in [-0.05, 0) is 47.8 Å². The van der Waals surface area contributed by atoms with Crippen LogP contribution in [0.2, 0.25) is 5.02 Å². The zero-order valence-corrected chi connectivity index (χ0v) is 11.6. The fourth-order valence-corrected chi connectivity index (χ4v) is 3.62. The van der Waals surface area contributed by atoms with Crippen molar-refractivity contribution >= 4 is 17.2 Å². The van der Waals surface area contributed by atoms with E-state index in [1.54, 1.807) is 0 Å². The molecule has 0 heterocycles. The van der Waals surface area contributed by atoms with E-state index in [0.717, 1.165) is 11.1 Å². The molecule has 2 aliphatic carbocycles. The van der Waals surface area contributed by atoms with Gasteiger partial charge in [0.2, 0.25) is 0 Å². The van der Waals surface area contributed by atoms with E-state index in [1.165, 1.54) is 6.42 Å². The largest absolute Gasteiger partial charge is 0.192 e. The molecule has 0 aliphatic heterocycles. The highest BCUT2D eigenvalue weighted by Crippen LogP contribution is 2.49. The monoisotopic (exact) mass is 269 g/mol. The molecule has 4 atom stereocenters. The Morgan fingerprint density at radius 3 is 2.79 bits per heavy atom. The van der Waals surface area contributed by atoms with Crippen LogP contribution in [0.1, 0.15) is 18.9 Å². The molecule has 1 aromatic carbocycles. The number of benzene rings is 1. The number of allylic oxidation sites excluding steroid dienone is 4. The first-order valence-electron chi connectivity index (χ1n) is 6.75. The molecule has 96 valence electrons. The van der Waals surface area contributed by atoms with Crippen LogP contribution in [0.25, 0.3) is 5.57 Å². The number of hydrogen-bond acceptors (Lipinski definition) is 1. The van der Waals surface area contributed by atoms with Gasteiger partial charge in [0.25, 0.3) is 0 Å². The Morgan fingerprint density at radius 2 is 2.16 bits per heavy atom. The minimum absolute atomic E-state index is 0.489. The summed E-state index contributed by atoms with van der Waals surface area (Å²) in [5.41, 5.74) is 1.68. The van der Waals surface area contributed by atoms with Gasteiger partial charge < -0.3 is 0 Å². The van der Waals surface area contributed by atoms with E-state index in [9.17, 15) is 5.26 Å². The van der Waals surface area contributed by atoms with Crippen molar-refractivity contribution in [2.24, 2.45) is 23.7 Å². The zero-order valence-electron chi connectivity index (χ0n) is 10.9. The molecule has 4 unspecified atom stereocenters. The van der Waals surface area contributed by atoms with Crippen molar-refractivity contribution in [1.29, 1.82) is 5.26 Å². The molecule has 0 radical (unpaired) electrons. The molecule has 2 aliphatic rings. The number of nitriles is 1. The van der Waals surface area contributed by atoms with E-state index in [1.807, 2.05) is 24.3 Å². The smallest absolute Gasteiger partial charge is 0.0994 e. The molecule has 0 aromatic heterocycles. The van der Waals surface area contributed by atoms with Gasteiger partial charge in [-0.25, -0.2) is 0 Å². The van der Waals surface area contributed by atoms with Crippen molar-refractivity contribution in [3.05, 3.63) is 53.1 Å². The first kappa shape index (κ1) is 12.5. The summed E-state index contributed by atoms with van der Waals surface area (Å²) in [6, 6.07) is 9.88. The van der Waals surface area contributed by atoms with E-state index in [4.69, 9.17) is 11.6 Å². The van der Waals surface area contributed by atoms with Gasteiger partial charge in [0.05, 0.1) is 11.6 Å². The summed E-state index contributed by atoms with van der Waals surface area (Å²) < 4.78 is 0. The summed E-state index contributed by atoms with van der Waals surface area (Å²) in [7, 11) is 0. The molecule has 0 saturated heterocycles. The average molecular weight is 270 g/mol. The lowest BCUT2D eigenvalue weighted by molar-refractivity contribution is 0.404. The maximum Gasteiger partial charge on any atom is 0.0994 e. The Kier molecular flexibility index (Phi) is 3.21. The Hall–Kier alpha value is -1.52. The van der Waals surface area contributed by atoms with Gasteiger partial charge in [0, 0.05) is 5.02 Å². The predicted molar refractivity (Wildman–Crippen MR) is 78.4 cm³/mol. The van der Waals surface area contributed by atoms with Crippen molar-refractivity contribution in [2.45, 2.75) is 13.3 Å². The summed E-state index contributed by atoms with van der Waals surface area (Å²) in [4.78, 5) is 0. The van der Waals surface area contributed by atoms with Gasteiger partial charge in [-0.1, -0.05) is 48.9 Å². The topological polar surface area (TPSA) is 23.8 Å². The van der Waals surface area contributed by atoms with Crippen molar-refractivity contribution in [1.82, 2.24) is 0 Å². The SMILES string of the molecule is CC1C2C=CC(C2)C1C=C(C#N)c1cccc(Cl)c1. The quantitative estimate of drug-likeness (QED) is 0.564. The summed E-state index contributed by atoms with van der Waals surface area (Å²) in [6.07, 6.45) is 8.06. The number of rotatable bonds is 2. The third kappa shape index (κ3) is 2.22. The van der Waals surface area contributed by atoms with Crippen molar-refractivity contribution in [3.63, 3.8) is 0 Å². The maximum atomic E-state index is 9.41. The highest BCUT2D eigenvalue weighted by Gasteiger charge is 2.40. The van der Waals surface area contributed by atoms with Crippen LogP contribution >= 0.6 is 11.6 Å². The molecular formula is C17H16ClN. The minimum Gasteiger partial charge on any atom is -0.192 e. The van der Waals surface area contributed by atoms with Crippen LogP contribution in [0.4, 0.5) is 0 Å². The van der Waals surface area contributed by atoms with Gasteiger partial charge in [-0.3, -0.25) is 0 Å². The summed E-state index contributed by atoms with van der Waals surface area (Å²) in [6.45, 7) is 2.29. The molecule has 0 spiro atoms. The van der Waals surface area contributed by atoms with Crippen LogP contribution in [0, 0.1) is 35.0 Å². The van der Waals surface area contributed by atoms with Crippen LogP contribution < -0.4 is 0 Å². The van der Waals surface area contributed by atoms with Crippen LogP contribution in [-0.2, 0) is 0 Å². The van der Waals surface area contributed by atoms with Crippen molar-refractivity contribution in [3.8, 4) is 6.07 Å². The molecule has 1 nitrogen and oxygen atoms in total. The minimum atomic E-state index is 0.489. The molecule has 0 amide bonds. The van der Waals surface area contributed by atoms with E-state index in [0.29, 0.717) is 28.7 Å².